The molecule has 1 aliphatic rings. The van der Waals surface area contributed by atoms with Crippen LogP contribution < -0.4 is 5.32 Å². The van der Waals surface area contributed by atoms with Gasteiger partial charge in [-0.3, -0.25) is 4.79 Å². The topological polar surface area (TPSA) is 73.1 Å². The van der Waals surface area contributed by atoms with Gasteiger partial charge in [0, 0.05) is 5.56 Å². The minimum absolute atomic E-state index is 0.144. The van der Waals surface area contributed by atoms with E-state index in [0.717, 1.165) is 25.7 Å². The van der Waals surface area contributed by atoms with Crippen LogP contribution in [0.1, 0.15) is 60.9 Å². The molecule has 112 valence electrons. The minimum Gasteiger partial charge on any atom is -0.508 e. The van der Waals surface area contributed by atoms with Gasteiger partial charge in [-0.2, -0.15) is 5.26 Å². The van der Waals surface area contributed by atoms with E-state index in [1.807, 2.05) is 0 Å². The highest BCUT2D eigenvalue weighted by molar-refractivity contribution is 5.96. The number of aromatic hydroxyl groups is 1. The predicted molar refractivity (Wildman–Crippen MR) is 81.0 cm³/mol. The average Bonchev–Trinajstić information content (AvgIpc) is 2.42. The lowest BCUT2D eigenvalue weighted by Crippen LogP contribution is -2.47. The molecule has 1 aromatic carbocycles. The van der Waals surface area contributed by atoms with Crippen molar-refractivity contribution in [3.8, 4) is 11.8 Å². The molecule has 0 spiro atoms. The number of carbonyl (C=O) groups is 1. The van der Waals surface area contributed by atoms with Crippen molar-refractivity contribution in [1.29, 1.82) is 5.26 Å². The number of aryl methyl sites for hydroxylation is 1. The molecule has 2 N–H and O–H groups in total. The quantitative estimate of drug-likeness (QED) is 0.874. The SMILES string of the molecule is Cc1cc(O)ccc1C(=O)NC1(C#N)CCCCCCC1. The van der Waals surface area contributed by atoms with Crippen molar-refractivity contribution in [2.75, 3.05) is 0 Å². The van der Waals surface area contributed by atoms with Gasteiger partial charge in [0.1, 0.15) is 11.3 Å². The van der Waals surface area contributed by atoms with Crippen LogP contribution in [0.3, 0.4) is 0 Å². The van der Waals surface area contributed by atoms with E-state index in [1.165, 1.54) is 12.5 Å². The van der Waals surface area contributed by atoms with Crippen molar-refractivity contribution < 1.29 is 9.90 Å². The third-order valence-electron chi connectivity index (χ3n) is 4.23. The monoisotopic (exact) mass is 286 g/mol. The number of amides is 1. The van der Waals surface area contributed by atoms with E-state index in [2.05, 4.69) is 11.4 Å². The largest absolute Gasteiger partial charge is 0.508 e. The van der Waals surface area contributed by atoms with E-state index >= 15 is 0 Å². The smallest absolute Gasteiger partial charge is 0.252 e. The number of rotatable bonds is 2. The lowest BCUT2D eigenvalue weighted by Gasteiger charge is -2.30. The summed E-state index contributed by atoms with van der Waals surface area (Å²) in [5, 5.41) is 21.9. The number of nitrogens with zero attached hydrogens (tertiary/aromatic N) is 1. The van der Waals surface area contributed by atoms with Crippen LogP contribution in [-0.2, 0) is 0 Å². The van der Waals surface area contributed by atoms with Gasteiger partial charge in [0.05, 0.1) is 6.07 Å². The lowest BCUT2D eigenvalue weighted by molar-refractivity contribution is 0.0907. The third kappa shape index (κ3) is 3.75. The van der Waals surface area contributed by atoms with E-state index in [0.29, 0.717) is 24.0 Å². The first kappa shape index (κ1) is 15.4. The van der Waals surface area contributed by atoms with Crippen LogP contribution in [0, 0.1) is 18.3 Å². The molecule has 0 saturated heterocycles. The summed E-state index contributed by atoms with van der Waals surface area (Å²) < 4.78 is 0. The van der Waals surface area contributed by atoms with Crippen molar-refractivity contribution in [2.24, 2.45) is 0 Å². The molecule has 0 bridgehead atoms. The maximum Gasteiger partial charge on any atom is 0.252 e. The molecular formula is C17H22N2O2. The molecule has 0 aromatic heterocycles. The number of nitrogens with one attached hydrogen (secondary N) is 1. The molecule has 1 amide bonds. The number of hydrogen-bond acceptors (Lipinski definition) is 3. The van der Waals surface area contributed by atoms with Crippen molar-refractivity contribution in [1.82, 2.24) is 5.32 Å². The molecule has 1 aromatic rings. The van der Waals surface area contributed by atoms with Gasteiger partial charge in [-0.15, -0.1) is 0 Å². The highest BCUT2D eigenvalue weighted by Crippen LogP contribution is 2.27. The van der Waals surface area contributed by atoms with E-state index in [1.54, 1.807) is 19.1 Å². The summed E-state index contributed by atoms with van der Waals surface area (Å²) in [6.07, 6.45) is 6.84. The van der Waals surface area contributed by atoms with Gasteiger partial charge < -0.3 is 10.4 Å². The fraction of sp³-hybridized carbons (Fsp3) is 0.529. The molecule has 0 unspecified atom stereocenters. The Labute approximate surface area is 125 Å². The molecule has 4 heteroatoms. The molecule has 1 aliphatic carbocycles. The van der Waals surface area contributed by atoms with E-state index < -0.39 is 5.54 Å². The van der Waals surface area contributed by atoms with Gasteiger partial charge in [0.2, 0.25) is 0 Å². The van der Waals surface area contributed by atoms with Crippen molar-refractivity contribution >= 4 is 5.91 Å². The van der Waals surface area contributed by atoms with E-state index in [4.69, 9.17) is 0 Å². The molecule has 0 radical (unpaired) electrons. The van der Waals surface area contributed by atoms with Gasteiger partial charge in [-0.1, -0.05) is 32.1 Å². The Morgan fingerprint density at radius 1 is 1.24 bits per heavy atom. The van der Waals surface area contributed by atoms with Crippen LogP contribution in [0.5, 0.6) is 5.75 Å². The van der Waals surface area contributed by atoms with Crippen LogP contribution in [0.15, 0.2) is 18.2 Å². The number of phenols is 1. The van der Waals surface area contributed by atoms with Gasteiger partial charge in [-0.25, -0.2) is 0 Å². The number of phenolic OH excluding ortho intramolecular Hbond substituents is 1. The molecule has 2 rings (SSSR count). The normalized spacial score (nSPS) is 18.1. The molecular weight excluding hydrogens is 264 g/mol. The molecule has 0 atom stereocenters. The summed E-state index contributed by atoms with van der Waals surface area (Å²) in [6.45, 7) is 1.78. The second-order valence-electron chi connectivity index (χ2n) is 5.92. The Hall–Kier alpha value is -2.02. The Morgan fingerprint density at radius 3 is 2.43 bits per heavy atom. The van der Waals surface area contributed by atoms with Crippen molar-refractivity contribution in [3.05, 3.63) is 29.3 Å². The van der Waals surface area contributed by atoms with Crippen molar-refractivity contribution in [3.63, 3.8) is 0 Å². The third-order valence-corrected chi connectivity index (χ3v) is 4.23. The fourth-order valence-electron chi connectivity index (χ4n) is 2.96. The van der Waals surface area contributed by atoms with E-state index in [9.17, 15) is 15.2 Å². The number of carbonyl (C=O) groups excluding carboxylic acids is 1. The standard InChI is InChI=1S/C17H22N2O2/c1-13-11-14(20)7-8-15(13)16(21)19-17(12-18)9-5-3-2-4-6-10-17/h7-8,11,20H,2-6,9-10H2,1H3,(H,19,21). The maximum atomic E-state index is 12.5. The van der Waals surface area contributed by atoms with Crippen LogP contribution >= 0.6 is 0 Å². The zero-order valence-corrected chi connectivity index (χ0v) is 12.5. The fourth-order valence-corrected chi connectivity index (χ4v) is 2.96. The van der Waals surface area contributed by atoms with Crippen molar-refractivity contribution in [2.45, 2.75) is 57.4 Å². The van der Waals surface area contributed by atoms with Crippen LogP contribution in [-0.4, -0.2) is 16.6 Å². The Balaban J connectivity index is 2.16. The van der Waals surface area contributed by atoms with E-state index in [-0.39, 0.29) is 11.7 Å². The predicted octanol–water partition coefficient (Wildman–Crippen LogP) is 3.44. The zero-order chi connectivity index (χ0) is 15.3. The van der Waals surface area contributed by atoms with Crippen LogP contribution in [0.25, 0.3) is 0 Å². The number of hydrogen-bond donors (Lipinski definition) is 2. The van der Waals surface area contributed by atoms with Gasteiger partial charge in [-0.05, 0) is 43.5 Å². The molecule has 0 heterocycles. The average molecular weight is 286 g/mol. The summed E-state index contributed by atoms with van der Waals surface area (Å²) in [7, 11) is 0. The van der Waals surface area contributed by atoms with Gasteiger partial charge in [0.15, 0.2) is 0 Å². The highest BCUT2D eigenvalue weighted by atomic mass is 16.3. The Bertz CT molecular complexity index is 552. The first-order valence-electron chi connectivity index (χ1n) is 7.60. The second kappa shape index (κ2) is 6.62. The Kier molecular flexibility index (Phi) is 4.85. The number of benzene rings is 1. The first-order chi connectivity index (χ1) is 10.1. The molecule has 1 fully saturated rings. The zero-order valence-electron chi connectivity index (χ0n) is 12.5. The molecule has 1 saturated carbocycles. The minimum atomic E-state index is -0.748. The first-order valence-corrected chi connectivity index (χ1v) is 7.60. The highest BCUT2D eigenvalue weighted by Gasteiger charge is 2.32. The van der Waals surface area contributed by atoms with Gasteiger partial charge in [0.25, 0.3) is 5.91 Å². The summed E-state index contributed by atoms with van der Waals surface area (Å²) in [6, 6.07) is 7.00. The summed E-state index contributed by atoms with van der Waals surface area (Å²) >= 11 is 0. The maximum absolute atomic E-state index is 12.5. The molecule has 4 nitrogen and oxygen atoms in total. The van der Waals surface area contributed by atoms with Crippen LogP contribution in [0.4, 0.5) is 0 Å². The van der Waals surface area contributed by atoms with Gasteiger partial charge >= 0.3 is 0 Å². The summed E-state index contributed by atoms with van der Waals surface area (Å²) in [4.78, 5) is 12.5. The summed E-state index contributed by atoms with van der Waals surface area (Å²) in [5.74, 6) is -0.0837. The Morgan fingerprint density at radius 2 is 1.86 bits per heavy atom. The summed E-state index contributed by atoms with van der Waals surface area (Å²) in [5.41, 5.74) is 0.484. The molecule has 21 heavy (non-hydrogen) atoms. The second-order valence-corrected chi connectivity index (χ2v) is 5.92. The number of nitriles is 1. The van der Waals surface area contributed by atoms with Crippen LogP contribution in [0.2, 0.25) is 0 Å². The lowest BCUT2D eigenvalue weighted by atomic mass is 9.84. The molecule has 0 aliphatic heterocycles.